The van der Waals surface area contributed by atoms with E-state index in [1.807, 2.05) is 23.6 Å². The first-order valence-corrected chi connectivity index (χ1v) is 7.61. The van der Waals surface area contributed by atoms with Gasteiger partial charge in [0, 0.05) is 26.2 Å². The summed E-state index contributed by atoms with van der Waals surface area (Å²) in [7, 11) is 0. The standard InChI is InChI=1S/C14H21ClN4O2/c1-13(20)3-5-18(8-13)11-10(15)7-16-12(17-11)19-6-4-14(2,21)9-19/h7,20-21H,3-6,8-9H2,1-2H3. The lowest BCUT2D eigenvalue weighted by Gasteiger charge is -2.23. The Labute approximate surface area is 129 Å². The topological polar surface area (TPSA) is 72.7 Å². The van der Waals surface area contributed by atoms with E-state index in [-0.39, 0.29) is 0 Å². The third-order valence-corrected chi connectivity index (χ3v) is 4.47. The van der Waals surface area contributed by atoms with Gasteiger partial charge in [0.1, 0.15) is 5.02 Å². The zero-order valence-corrected chi connectivity index (χ0v) is 13.1. The van der Waals surface area contributed by atoms with Gasteiger partial charge in [-0.1, -0.05) is 11.6 Å². The Morgan fingerprint density at radius 2 is 1.67 bits per heavy atom. The zero-order chi connectivity index (χ0) is 15.3. The number of hydrogen-bond donors (Lipinski definition) is 2. The van der Waals surface area contributed by atoms with Crippen molar-refractivity contribution in [2.75, 3.05) is 36.0 Å². The molecule has 0 radical (unpaired) electrons. The molecule has 2 atom stereocenters. The van der Waals surface area contributed by atoms with Gasteiger partial charge in [0.25, 0.3) is 0 Å². The number of rotatable bonds is 2. The van der Waals surface area contributed by atoms with Crippen molar-refractivity contribution in [1.82, 2.24) is 9.97 Å². The highest BCUT2D eigenvalue weighted by atomic mass is 35.5. The molecule has 2 aliphatic rings. The maximum atomic E-state index is 10.1. The lowest BCUT2D eigenvalue weighted by atomic mass is 10.1. The van der Waals surface area contributed by atoms with Crippen LogP contribution in [0.2, 0.25) is 5.02 Å². The SMILES string of the molecule is CC1(O)CCN(c2ncc(Cl)c(N3CCC(C)(O)C3)n2)C1. The maximum absolute atomic E-state index is 10.1. The monoisotopic (exact) mass is 312 g/mol. The molecule has 2 N–H and O–H groups in total. The first kappa shape index (κ1) is 14.8. The van der Waals surface area contributed by atoms with Crippen LogP contribution in [0.25, 0.3) is 0 Å². The smallest absolute Gasteiger partial charge is 0.227 e. The molecule has 1 aromatic rings. The van der Waals surface area contributed by atoms with E-state index in [0.717, 1.165) is 13.1 Å². The van der Waals surface area contributed by atoms with Crippen molar-refractivity contribution in [3.05, 3.63) is 11.2 Å². The maximum Gasteiger partial charge on any atom is 0.227 e. The molecule has 0 amide bonds. The number of halogens is 1. The molecule has 0 saturated carbocycles. The predicted octanol–water partition coefficient (Wildman–Crippen LogP) is 1.05. The van der Waals surface area contributed by atoms with Crippen LogP contribution in [0.1, 0.15) is 26.7 Å². The number of aromatic nitrogens is 2. The molecule has 3 rings (SSSR count). The quantitative estimate of drug-likeness (QED) is 0.850. The zero-order valence-electron chi connectivity index (χ0n) is 12.4. The summed E-state index contributed by atoms with van der Waals surface area (Å²) in [6.45, 7) is 6.13. The second-order valence-corrected chi connectivity index (χ2v) is 7.09. The van der Waals surface area contributed by atoms with E-state index >= 15 is 0 Å². The number of nitrogens with zero attached hydrogens (tertiary/aromatic N) is 4. The third-order valence-electron chi connectivity index (χ3n) is 4.20. The highest BCUT2D eigenvalue weighted by Crippen LogP contribution is 2.32. The minimum Gasteiger partial charge on any atom is -0.388 e. The molecule has 0 spiro atoms. The predicted molar refractivity (Wildman–Crippen MR) is 81.9 cm³/mol. The second-order valence-electron chi connectivity index (χ2n) is 6.68. The van der Waals surface area contributed by atoms with Gasteiger partial charge < -0.3 is 20.0 Å². The van der Waals surface area contributed by atoms with E-state index in [4.69, 9.17) is 11.6 Å². The van der Waals surface area contributed by atoms with Gasteiger partial charge in [-0.05, 0) is 26.7 Å². The summed E-state index contributed by atoms with van der Waals surface area (Å²) < 4.78 is 0. The fourth-order valence-corrected chi connectivity index (χ4v) is 3.18. The summed E-state index contributed by atoms with van der Waals surface area (Å²) in [6, 6.07) is 0. The summed E-state index contributed by atoms with van der Waals surface area (Å²) in [5.41, 5.74) is -1.40. The van der Waals surface area contributed by atoms with Crippen LogP contribution in [0, 0.1) is 0 Å². The Morgan fingerprint density at radius 1 is 1.10 bits per heavy atom. The third kappa shape index (κ3) is 3.07. The summed E-state index contributed by atoms with van der Waals surface area (Å²) in [5.74, 6) is 1.24. The lowest BCUT2D eigenvalue weighted by Crippen LogP contribution is -2.32. The van der Waals surface area contributed by atoms with Crippen LogP contribution in [0.15, 0.2) is 6.20 Å². The van der Waals surface area contributed by atoms with Gasteiger partial charge in [-0.2, -0.15) is 4.98 Å². The van der Waals surface area contributed by atoms with Gasteiger partial charge in [-0.25, -0.2) is 4.98 Å². The Balaban J connectivity index is 1.84. The fourth-order valence-electron chi connectivity index (χ4n) is 2.96. The number of hydrogen-bond acceptors (Lipinski definition) is 6. The molecule has 0 aromatic carbocycles. The Hall–Kier alpha value is -1.11. The molecule has 1 aromatic heterocycles. The first-order valence-electron chi connectivity index (χ1n) is 7.23. The van der Waals surface area contributed by atoms with E-state index in [0.29, 0.717) is 42.7 Å². The molecule has 2 aliphatic heterocycles. The van der Waals surface area contributed by atoms with Crippen LogP contribution < -0.4 is 9.80 Å². The molecule has 2 fully saturated rings. The average Bonchev–Trinajstić information content (AvgIpc) is 2.92. The van der Waals surface area contributed by atoms with Crippen LogP contribution in [-0.4, -0.2) is 57.6 Å². The molecular formula is C14H21ClN4O2. The van der Waals surface area contributed by atoms with E-state index in [9.17, 15) is 10.2 Å². The summed E-state index contributed by atoms with van der Waals surface area (Å²) in [5, 5.41) is 20.6. The van der Waals surface area contributed by atoms with E-state index in [1.54, 1.807) is 6.20 Å². The molecule has 6 nitrogen and oxygen atoms in total. The van der Waals surface area contributed by atoms with Gasteiger partial charge in [0.05, 0.1) is 17.4 Å². The Bertz CT molecular complexity index is 550. The van der Waals surface area contributed by atoms with Crippen molar-refractivity contribution in [3.8, 4) is 0 Å². The second kappa shape index (κ2) is 4.97. The Morgan fingerprint density at radius 3 is 2.19 bits per heavy atom. The van der Waals surface area contributed by atoms with E-state index in [1.165, 1.54) is 0 Å². The largest absolute Gasteiger partial charge is 0.388 e. The van der Waals surface area contributed by atoms with Crippen LogP contribution in [0.4, 0.5) is 11.8 Å². The summed E-state index contributed by atoms with van der Waals surface area (Å²) in [4.78, 5) is 12.8. The number of anilines is 2. The average molecular weight is 313 g/mol. The van der Waals surface area contributed by atoms with Crippen molar-refractivity contribution in [1.29, 1.82) is 0 Å². The minimum absolute atomic E-state index is 0.488. The highest BCUT2D eigenvalue weighted by molar-refractivity contribution is 6.32. The van der Waals surface area contributed by atoms with Crippen LogP contribution in [0.3, 0.4) is 0 Å². The van der Waals surface area contributed by atoms with E-state index < -0.39 is 11.2 Å². The van der Waals surface area contributed by atoms with Gasteiger partial charge in [-0.3, -0.25) is 0 Å². The van der Waals surface area contributed by atoms with Crippen molar-refractivity contribution in [2.45, 2.75) is 37.9 Å². The molecule has 7 heteroatoms. The van der Waals surface area contributed by atoms with Gasteiger partial charge in [-0.15, -0.1) is 0 Å². The lowest BCUT2D eigenvalue weighted by molar-refractivity contribution is 0.0834. The van der Waals surface area contributed by atoms with Crippen molar-refractivity contribution < 1.29 is 10.2 Å². The van der Waals surface area contributed by atoms with Crippen molar-refractivity contribution in [3.63, 3.8) is 0 Å². The van der Waals surface area contributed by atoms with Gasteiger partial charge >= 0.3 is 0 Å². The molecule has 3 heterocycles. The molecule has 0 aliphatic carbocycles. The molecule has 2 unspecified atom stereocenters. The number of β-amino-alcohol motifs (C(OH)–C–C–N with tert-alkyl or cyclic N) is 2. The summed E-state index contributed by atoms with van der Waals surface area (Å²) >= 11 is 6.22. The molecule has 0 bridgehead atoms. The van der Waals surface area contributed by atoms with Crippen molar-refractivity contribution >= 4 is 23.4 Å². The number of aliphatic hydroxyl groups is 2. The molecule has 2 saturated heterocycles. The van der Waals surface area contributed by atoms with Crippen LogP contribution >= 0.6 is 11.6 Å². The van der Waals surface area contributed by atoms with Crippen LogP contribution in [0.5, 0.6) is 0 Å². The Kier molecular flexibility index (Phi) is 3.50. The van der Waals surface area contributed by atoms with Gasteiger partial charge in [0.15, 0.2) is 5.82 Å². The van der Waals surface area contributed by atoms with Crippen LogP contribution in [-0.2, 0) is 0 Å². The molecule has 116 valence electrons. The molecule has 21 heavy (non-hydrogen) atoms. The fraction of sp³-hybridized carbons (Fsp3) is 0.714. The minimum atomic E-state index is -0.703. The normalized spacial score (nSPS) is 33.0. The summed E-state index contributed by atoms with van der Waals surface area (Å²) in [6.07, 6.45) is 2.99. The highest BCUT2D eigenvalue weighted by Gasteiger charge is 2.35. The first-order chi connectivity index (χ1) is 9.76. The van der Waals surface area contributed by atoms with E-state index in [2.05, 4.69) is 9.97 Å². The van der Waals surface area contributed by atoms with Crippen molar-refractivity contribution in [2.24, 2.45) is 0 Å². The van der Waals surface area contributed by atoms with Gasteiger partial charge in [0.2, 0.25) is 5.95 Å². The molecular weight excluding hydrogens is 292 g/mol.